The number of nitrogens with one attached hydrogen (secondary N) is 1. The average molecular weight is 368 g/mol. The van der Waals surface area contributed by atoms with Gasteiger partial charge in [0.05, 0.1) is 6.10 Å². The van der Waals surface area contributed by atoms with E-state index in [0.29, 0.717) is 24.5 Å². The number of anilines is 2. The molecule has 5 heteroatoms. The average Bonchev–Trinajstić information content (AvgIpc) is 3.18. The Morgan fingerprint density at radius 3 is 2.54 bits per heavy atom. The number of nitrogen functional groups attached to an aromatic ring is 2. The minimum atomic E-state index is -0.538. The molecule has 2 aromatic carbocycles. The standard InChI is InChI=1S/C21H25N3OS/c1-14(18-11-17(22)8-9-19(18)23)20(25)13-24-12-15-4-6-16(7-5-15)21-3-2-10-26-21/h2-11,14,20,24-25H,12-13,22-23H2,1H3. The molecule has 1 aromatic heterocycles. The molecule has 1 heterocycles. The first-order chi connectivity index (χ1) is 12.5. The van der Waals surface area contributed by atoms with E-state index in [1.165, 1.54) is 16.0 Å². The summed E-state index contributed by atoms with van der Waals surface area (Å²) in [6.07, 6.45) is -0.538. The number of hydrogen-bond acceptors (Lipinski definition) is 5. The van der Waals surface area contributed by atoms with Gasteiger partial charge in [-0.25, -0.2) is 0 Å². The maximum Gasteiger partial charge on any atom is 0.0731 e. The van der Waals surface area contributed by atoms with Crippen LogP contribution in [-0.2, 0) is 6.54 Å². The van der Waals surface area contributed by atoms with Gasteiger partial charge in [0.25, 0.3) is 0 Å². The lowest BCUT2D eigenvalue weighted by atomic mass is 9.93. The molecule has 2 unspecified atom stereocenters. The third-order valence-corrected chi connectivity index (χ3v) is 5.54. The molecule has 26 heavy (non-hydrogen) atoms. The minimum absolute atomic E-state index is 0.0906. The summed E-state index contributed by atoms with van der Waals surface area (Å²) >= 11 is 1.74. The molecule has 0 amide bonds. The Balaban J connectivity index is 1.53. The van der Waals surface area contributed by atoms with Crippen molar-refractivity contribution in [3.8, 4) is 10.4 Å². The van der Waals surface area contributed by atoms with Gasteiger partial charge in [-0.05, 0) is 46.3 Å². The van der Waals surface area contributed by atoms with Gasteiger partial charge in [-0.15, -0.1) is 11.3 Å². The van der Waals surface area contributed by atoms with E-state index in [9.17, 15) is 5.11 Å². The summed E-state index contributed by atoms with van der Waals surface area (Å²) in [6.45, 7) is 3.16. The molecule has 0 aliphatic rings. The van der Waals surface area contributed by atoms with Crippen LogP contribution in [0.25, 0.3) is 10.4 Å². The van der Waals surface area contributed by atoms with Crippen molar-refractivity contribution in [1.82, 2.24) is 5.32 Å². The molecule has 0 saturated heterocycles. The second kappa shape index (κ2) is 8.36. The van der Waals surface area contributed by atoms with Crippen LogP contribution in [0.1, 0.15) is 24.0 Å². The van der Waals surface area contributed by atoms with E-state index in [1.807, 2.05) is 13.0 Å². The van der Waals surface area contributed by atoms with Crippen molar-refractivity contribution in [3.05, 3.63) is 71.1 Å². The molecule has 0 radical (unpaired) electrons. The lowest BCUT2D eigenvalue weighted by Crippen LogP contribution is -2.30. The summed E-state index contributed by atoms with van der Waals surface area (Å²) in [5.74, 6) is -0.0906. The molecule has 0 aliphatic carbocycles. The van der Waals surface area contributed by atoms with Crippen LogP contribution >= 0.6 is 11.3 Å². The zero-order valence-corrected chi connectivity index (χ0v) is 15.7. The van der Waals surface area contributed by atoms with Gasteiger partial charge in [0.2, 0.25) is 0 Å². The van der Waals surface area contributed by atoms with Crippen LogP contribution in [0, 0.1) is 0 Å². The second-order valence-electron chi connectivity index (χ2n) is 6.55. The van der Waals surface area contributed by atoms with Crippen LogP contribution in [0.15, 0.2) is 60.0 Å². The van der Waals surface area contributed by atoms with Crippen molar-refractivity contribution in [2.24, 2.45) is 0 Å². The fraction of sp³-hybridized carbons (Fsp3) is 0.238. The van der Waals surface area contributed by atoms with Crippen LogP contribution in [0.2, 0.25) is 0 Å². The Labute approximate surface area is 158 Å². The largest absolute Gasteiger partial charge is 0.399 e. The lowest BCUT2D eigenvalue weighted by Gasteiger charge is -2.21. The van der Waals surface area contributed by atoms with Crippen LogP contribution in [-0.4, -0.2) is 17.8 Å². The summed E-state index contributed by atoms with van der Waals surface area (Å²) in [5, 5.41) is 15.9. The predicted molar refractivity (Wildman–Crippen MR) is 111 cm³/mol. The third kappa shape index (κ3) is 4.43. The highest BCUT2D eigenvalue weighted by molar-refractivity contribution is 7.13. The van der Waals surface area contributed by atoms with E-state index in [-0.39, 0.29) is 5.92 Å². The number of aliphatic hydroxyl groups excluding tert-OH is 1. The van der Waals surface area contributed by atoms with Crippen LogP contribution in [0.3, 0.4) is 0 Å². The van der Waals surface area contributed by atoms with Gasteiger partial charge in [-0.3, -0.25) is 0 Å². The van der Waals surface area contributed by atoms with Gasteiger partial charge in [-0.2, -0.15) is 0 Å². The van der Waals surface area contributed by atoms with E-state index < -0.39 is 6.10 Å². The van der Waals surface area contributed by atoms with Gasteiger partial charge >= 0.3 is 0 Å². The van der Waals surface area contributed by atoms with Gasteiger partial charge in [-0.1, -0.05) is 37.3 Å². The first kappa shape index (κ1) is 18.5. The Hall–Kier alpha value is -2.34. The Morgan fingerprint density at radius 1 is 1.08 bits per heavy atom. The highest BCUT2D eigenvalue weighted by Gasteiger charge is 2.18. The molecule has 3 aromatic rings. The number of aliphatic hydroxyl groups is 1. The summed E-state index contributed by atoms with van der Waals surface area (Å²) < 4.78 is 0. The van der Waals surface area contributed by atoms with Gasteiger partial charge in [0.1, 0.15) is 0 Å². The number of rotatable bonds is 7. The molecule has 3 rings (SSSR count). The first-order valence-electron chi connectivity index (χ1n) is 8.71. The molecule has 6 N–H and O–H groups in total. The van der Waals surface area contributed by atoms with Crippen molar-refractivity contribution in [2.45, 2.75) is 25.5 Å². The Kier molecular flexibility index (Phi) is 5.93. The van der Waals surface area contributed by atoms with Crippen LogP contribution in [0.5, 0.6) is 0 Å². The summed E-state index contributed by atoms with van der Waals surface area (Å²) in [5.41, 5.74) is 16.5. The van der Waals surface area contributed by atoms with Gasteiger partial charge < -0.3 is 21.9 Å². The van der Waals surface area contributed by atoms with Crippen molar-refractivity contribution in [2.75, 3.05) is 18.0 Å². The van der Waals surface area contributed by atoms with Crippen LogP contribution in [0.4, 0.5) is 11.4 Å². The Bertz CT molecular complexity index is 831. The number of nitrogens with two attached hydrogens (primary N) is 2. The highest BCUT2D eigenvalue weighted by Crippen LogP contribution is 2.27. The molecule has 2 atom stereocenters. The molecule has 4 nitrogen and oxygen atoms in total. The van der Waals surface area contributed by atoms with E-state index in [4.69, 9.17) is 11.5 Å². The van der Waals surface area contributed by atoms with Crippen molar-refractivity contribution in [1.29, 1.82) is 0 Å². The molecule has 136 valence electrons. The van der Waals surface area contributed by atoms with Crippen molar-refractivity contribution >= 4 is 22.7 Å². The molecular weight excluding hydrogens is 342 g/mol. The quantitative estimate of drug-likeness (QED) is 0.478. The number of benzene rings is 2. The predicted octanol–water partition coefficient (Wildman–Crippen LogP) is 3.83. The van der Waals surface area contributed by atoms with Crippen LogP contribution < -0.4 is 16.8 Å². The normalized spacial score (nSPS) is 13.5. The van der Waals surface area contributed by atoms with E-state index in [1.54, 1.807) is 23.5 Å². The fourth-order valence-electron chi connectivity index (χ4n) is 2.97. The monoisotopic (exact) mass is 367 g/mol. The highest BCUT2D eigenvalue weighted by atomic mass is 32.1. The molecular formula is C21H25N3OS. The Morgan fingerprint density at radius 2 is 1.85 bits per heavy atom. The topological polar surface area (TPSA) is 84.3 Å². The summed E-state index contributed by atoms with van der Waals surface area (Å²) in [4.78, 5) is 1.27. The van der Waals surface area contributed by atoms with E-state index >= 15 is 0 Å². The summed E-state index contributed by atoms with van der Waals surface area (Å²) in [7, 11) is 0. The zero-order chi connectivity index (χ0) is 18.5. The lowest BCUT2D eigenvalue weighted by molar-refractivity contribution is 0.147. The third-order valence-electron chi connectivity index (χ3n) is 4.62. The van der Waals surface area contributed by atoms with Crippen molar-refractivity contribution in [3.63, 3.8) is 0 Å². The molecule has 0 fully saturated rings. The maximum absolute atomic E-state index is 10.5. The smallest absolute Gasteiger partial charge is 0.0731 e. The number of hydrogen-bond donors (Lipinski definition) is 4. The van der Waals surface area contributed by atoms with E-state index in [2.05, 4.69) is 47.1 Å². The molecule has 0 bridgehead atoms. The number of thiophene rings is 1. The second-order valence-corrected chi connectivity index (χ2v) is 7.50. The maximum atomic E-state index is 10.5. The van der Waals surface area contributed by atoms with E-state index in [0.717, 1.165) is 5.56 Å². The van der Waals surface area contributed by atoms with Gasteiger partial charge in [0, 0.05) is 35.3 Å². The first-order valence-corrected chi connectivity index (χ1v) is 9.59. The van der Waals surface area contributed by atoms with Crippen molar-refractivity contribution < 1.29 is 5.11 Å². The molecule has 0 saturated carbocycles. The minimum Gasteiger partial charge on any atom is -0.399 e. The SMILES string of the molecule is CC(c1cc(N)ccc1N)C(O)CNCc1ccc(-c2cccs2)cc1. The fourth-order valence-corrected chi connectivity index (χ4v) is 3.70. The summed E-state index contributed by atoms with van der Waals surface area (Å²) in [6, 6.07) is 18.1. The molecule has 0 spiro atoms. The molecule has 0 aliphatic heterocycles. The zero-order valence-electron chi connectivity index (χ0n) is 14.9. The van der Waals surface area contributed by atoms with Gasteiger partial charge in [0.15, 0.2) is 0 Å².